The number of nitrogens with one attached hydrogen (secondary N) is 2. The number of hydrogen-bond acceptors (Lipinski definition) is 4. The molecule has 5 nitrogen and oxygen atoms in total. The zero-order valence-electron chi connectivity index (χ0n) is 12.6. The SMILES string of the molecule is CNCCCC(=O)NCC1CN(CC(C)C)CCO1. The van der Waals surface area contributed by atoms with Crippen molar-refractivity contribution in [3.8, 4) is 0 Å². The van der Waals surface area contributed by atoms with Gasteiger partial charge >= 0.3 is 0 Å². The second-order valence-electron chi connectivity index (χ2n) is 5.66. The second kappa shape index (κ2) is 9.28. The number of hydrogen-bond donors (Lipinski definition) is 2. The number of amides is 1. The average molecular weight is 271 g/mol. The molecule has 1 fully saturated rings. The van der Waals surface area contributed by atoms with Crippen LogP contribution in [0.2, 0.25) is 0 Å². The monoisotopic (exact) mass is 271 g/mol. The fourth-order valence-corrected chi connectivity index (χ4v) is 2.33. The molecule has 1 heterocycles. The standard InChI is InChI=1S/C14H29N3O2/c1-12(2)10-17-7-8-19-13(11-17)9-16-14(18)5-4-6-15-3/h12-13,15H,4-11H2,1-3H3,(H,16,18). The summed E-state index contributed by atoms with van der Waals surface area (Å²) < 4.78 is 5.70. The maximum atomic E-state index is 11.6. The van der Waals surface area contributed by atoms with Crippen molar-refractivity contribution in [1.29, 1.82) is 0 Å². The van der Waals surface area contributed by atoms with Crippen LogP contribution in [-0.4, -0.2) is 63.3 Å². The summed E-state index contributed by atoms with van der Waals surface area (Å²) in [6, 6.07) is 0. The van der Waals surface area contributed by atoms with Crippen molar-refractivity contribution in [3.05, 3.63) is 0 Å². The summed E-state index contributed by atoms with van der Waals surface area (Å²) in [5, 5.41) is 6.01. The van der Waals surface area contributed by atoms with Gasteiger partial charge in [0.05, 0.1) is 12.7 Å². The highest BCUT2D eigenvalue weighted by atomic mass is 16.5. The molecule has 1 aliphatic rings. The van der Waals surface area contributed by atoms with E-state index in [2.05, 4.69) is 29.4 Å². The first-order valence-corrected chi connectivity index (χ1v) is 7.37. The fraction of sp³-hybridized carbons (Fsp3) is 0.929. The Balaban J connectivity index is 2.16. The van der Waals surface area contributed by atoms with Crippen molar-refractivity contribution in [1.82, 2.24) is 15.5 Å². The van der Waals surface area contributed by atoms with Crippen LogP contribution < -0.4 is 10.6 Å². The molecular weight excluding hydrogens is 242 g/mol. The van der Waals surface area contributed by atoms with Crippen LogP contribution in [0.1, 0.15) is 26.7 Å². The quantitative estimate of drug-likeness (QED) is 0.630. The lowest BCUT2D eigenvalue weighted by atomic mass is 10.2. The largest absolute Gasteiger partial charge is 0.374 e. The average Bonchev–Trinajstić information content (AvgIpc) is 2.36. The summed E-state index contributed by atoms with van der Waals surface area (Å²) in [6.45, 7) is 9.78. The molecule has 1 atom stereocenters. The molecule has 0 spiro atoms. The van der Waals surface area contributed by atoms with Crippen LogP contribution in [0.15, 0.2) is 0 Å². The first-order chi connectivity index (χ1) is 9.11. The first-order valence-electron chi connectivity index (χ1n) is 7.37. The van der Waals surface area contributed by atoms with Crippen molar-refractivity contribution in [3.63, 3.8) is 0 Å². The molecule has 0 saturated carbocycles. The Kier molecular flexibility index (Phi) is 8.02. The van der Waals surface area contributed by atoms with Gasteiger partial charge in [0.15, 0.2) is 0 Å². The van der Waals surface area contributed by atoms with E-state index in [0.29, 0.717) is 18.9 Å². The third kappa shape index (κ3) is 7.50. The smallest absolute Gasteiger partial charge is 0.220 e. The molecule has 0 radical (unpaired) electrons. The van der Waals surface area contributed by atoms with E-state index in [-0.39, 0.29) is 12.0 Å². The highest BCUT2D eigenvalue weighted by Gasteiger charge is 2.21. The van der Waals surface area contributed by atoms with Gasteiger partial charge in [0.1, 0.15) is 0 Å². The number of nitrogens with zero attached hydrogens (tertiary/aromatic N) is 1. The minimum absolute atomic E-state index is 0.125. The Labute approximate surface area is 117 Å². The van der Waals surface area contributed by atoms with Crippen molar-refractivity contribution in [2.24, 2.45) is 5.92 Å². The van der Waals surface area contributed by atoms with E-state index in [1.54, 1.807) is 0 Å². The summed E-state index contributed by atoms with van der Waals surface area (Å²) in [4.78, 5) is 14.0. The molecule has 19 heavy (non-hydrogen) atoms. The topological polar surface area (TPSA) is 53.6 Å². The van der Waals surface area contributed by atoms with Crippen LogP contribution >= 0.6 is 0 Å². The summed E-state index contributed by atoms with van der Waals surface area (Å²) >= 11 is 0. The van der Waals surface area contributed by atoms with Gasteiger partial charge in [-0.1, -0.05) is 13.8 Å². The summed E-state index contributed by atoms with van der Waals surface area (Å²) in [6.07, 6.45) is 1.61. The Hall–Kier alpha value is -0.650. The Morgan fingerprint density at radius 2 is 2.26 bits per heavy atom. The van der Waals surface area contributed by atoms with E-state index in [1.165, 1.54) is 0 Å². The third-order valence-electron chi connectivity index (χ3n) is 3.20. The zero-order valence-corrected chi connectivity index (χ0v) is 12.6. The molecular formula is C14H29N3O2. The van der Waals surface area contributed by atoms with Crippen molar-refractivity contribution < 1.29 is 9.53 Å². The molecule has 112 valence electrons. The van der Waals surface area contributed by atoms with Crippen molar-refractivity contribution in [2.45, 2.75) is 32.8 Å². The van der Waals surface area contributed by atoms with Gasteiger partial charge in [0, 0.05) is 32.6 Å². The first kappa shape index (κ1) is 16.4. The third-order valence-corrected chi connectivity index (χ3v) is 3.20. The van der Waals surface area contributed by atoms with Crippen molar-refractivity contribution >= 4 is 5.91 Å². The molecule has 1 saturated heterocycles. The summed E-state index contributed by atoms with van der Waals surface area (Å²) in [7, 11) is 1.90. The lowest BCUT2D eigenvalue weighted by Crippen LogP contribution is -2.48. The Morgan fingerprint density at radius 3 is 2.95 bits per heavy atom. The molecule has 0 aromatic rings. The second-order valence-corrected chi connectivity index (χ2v) is 5.66. The van der Waals surface area contributed by atoms with E-state index in [4.69, 9.17) is 4.74 Å². The number of rotatable bonds is 8. The zero-order chi connectivity index (χ0) is 14.1. The van der Waals surface area contributed by atoms with Gasteiger partial charge in [0.25, 0.3) is 0 Å². The van der Waals surface area contributed by atoms with E-state index >= 15 is 0 Å². The van der Waals surface area contributed by atoms with E-state index in [9.17, 15) is 4.79 Å². The molecule has 5 heteroatoms. The fourth-order valence-electron chi connectivity index (χ4n) is 2.33. The molecule has 2 N–H and O–H groups in total. The van der Waals surface area contributed by atoms with E-state index in [0.717, 1.165) is 39.2 Å². The van der Waals surface area contributed by atoms with Crippen LogP contribution in [-0.2, 0) is 9.53 Å². The lowest BCUT2D eigenvalue weighted by Gasteiger charge is -2.33. The Morgan fingerprint density at radius 1 is 1.47 bits per heavy atom. The minimum atomic E-state index is 0.125. The molecule has 0 aromatic carbocycles. The number of ether oxygens (including phenoxy) is 1. The van der Waals surface area contributed by atoms with Gasteiger partial charge in [-0.2, -0.15) is 0 Å². The highest BCUT2D eigenvalue weighted by molar-refractivity contribution is 5.75. The maximum absolute atomic E-state index is 11.6. The van der Waals surface area contributed by atoms with Crippen LogP contribution in [0, 0.1) is 5.92 Å². The maximum Gasteiger partial charge on any atom is 0.220 e. The molecule has 1 unspecified atom stereocenters. The van der Waals surface area contributed by atoms with E-state index in [1.807, 2.05) is 7.05 Å². The van der Waals surface area contributed by atoms with Crippen LogP contribution in [0.4, 0.5) is 0 Å². The summed E-state index contributed by atoms with van der Waals surface area (Å²) in [5.41, 5.74) is 0. The number of carbonyl (C=O) groups is 1. The molecule has 1 amide bonds. The highest BCUT2D eigenvalue weighted by Crippen LogP contribution is 2.07. The lowest BCUT2D eigenvalue weighted by molar-refractivity contribution is -0.122. The van der Waals surface area contributed by atoms with Gasteiger partial charge in [-0.3, -0.25) is 9.69 Å². The molecule has 0 aliphatic carbocycles. The predicted octanol–water partition coefficient (Wildman–Crippen LogP) is 0.459. The number of carbonyl (C=O) groups excluding carboxylic acids is 1. The normalized spacial score (nSPS) is 20.7. The minimum Gasteiger partial charge on any atom is -0.374 e. The van der Waals surface area contributed by atoms with Gasteiger partial charge < -0.3 is 15.4 Å². The van der Waals surface area contributed by atoms with Gasteiger partial charge in [-0.15, -0.1) is 0 Å². The van der Waals surface area contributed by atoms with Gasteiger partial charge in [-0.25, -0.2) is 0 Å². The van der Waals surface area contributed by atoms with Gasteiger partial charge in [0.2, 0.25) is 5.91 Å². The predicted molar refractivity (Wildman–Crippen MR) is 77.2 cm³/mol. The number of morpholine rings is 1. The van der Waals surface area contributed by atoms with Crippen molar-refractivity contribution in [2.75, 3.05) is 46.4 Å². The molecule has 1 aliphatic heterocycles. The van der Waals surface area contributed by atoms with Crippen LogP contribution in [0.5, 0.6) is 0 Å². The van der Waals surface area contributed by atoms with E-state index < -0.39 is 0 Å². The van der Waals surface area contributed by atoms with Gasteiger partial charge in [-0.05, 0) is 25.9 Å². The summed E-state index contributed by atoms with van der Waals surface area (Å²) in [5.74, 6) is 0.801. The van der Waals surface area contributed by atoms with Crippen LogP contribution in [0.25, 0.3) is 0 Å². The molecule has 0 aromatic heterocycles. The molecule has 1 rings (SSSR count). The molecule has 0 bridgehead atoms. The van der Waals surface area contributed by atoms with Crippen LogP contribution in [0.3, 0.4) is 0 Å². The Bertz CT molecular complexity index is 259.